The fraction of sp³-hybridized carbons (Fsp3) is 0.304. The number of thioether (sulfide) groups is 1. The Morgan fingerprint density at radius 1 is 1.15 bits per heavy atom. The average molecular weight is 585 g/mol. The molecule has 2 aromatic carbocycles. The van der Waals surface area contributed by atoms with Crippen LogP contribution in [0.3, 0.4) is 0 Å². The fourth-order valence-electron chi connectivity index (χ4n) is 3.23. The topological polar surface area (TPSA) is 88.9 Å². The first kappa shape index (κ1) is 26.5. The first-order chi connectivity index (χ1) is 16.1. The lowest BCUT2D eigenvalue weighted by Crippen LogP contribution is -2.29. The highest BCUT2D eigenvalue weighted by molar-refractivity contribution is 9.10. The van der Waals surface area contributed by atoms with Crippen LogP contribution < -0.4 is 10.6 Å². The SMILES string of the molecule is CCn1c(SCC(=O)Nc2cc(C)c(C)cc2Br)nnc1[C@H](C)NC(=O)c1ccc(Cl)cc1Cl. The van der Waals surface area contributed by atoms with Crippen molar-refractivity contribution in [1.82, 2.24) is 20.1 Å². The first-order valence-electron chi connectivity index (χ1n) is 10.5. The quantitative estimate of drug-likeness (QED) is 0.307. The van der Waals surface area contributed by atoms with Gasteiger partial charge in [0.1, 0.15) is 0 Å². The molecular formula is C23H24BrCl2N5O2S. The third-order valence-corrected chi connectivity index (χ3v) is 7.33. The van der Waals surface area contributed by atoms with Crippen molar-refractivity contribution in [3.63, 3.8) is 0 Å². The number of aromatic nitrogens is 3. The van der Waals surface area contributed by atoms with Crippen LogP contribution in [0.4, 0.5) is 5.69 Å². The van der Waals surface area contributed by atoms with Gasteiger partial charge in [0.05, 0.1) is 28.1 Å². The summed E-state index contributed by atoms with van der Waals surface area (Å²) in [5.74, 6) is 0.256. The molecule has 34 heavy (non-hydrogen) atoms. The van der Waals surface area contributed by atoms with Crippen LogP contribution >= 0.6 is 50.9 Å². The van der Waals surface area contributed by atoms with Crippen LogP contribution in [0, 0.1) is 13.8 Å². The molecule has 2 amide bonds. The molecule has 2 N–H and O–H groups in total. The van der Waals surface area contributed by atoms with E-state index in [-0.39, 0.29) is 22.6 Å². The second kappa shape index (κ2) is 11.6. The monoisotopic (exact) mass is 583 g/mol. The molecule has 3 rings (SSSR count). The number of halogens is 3. The second-order valence-corrected chi connectivity index (χ2v) is 10.3. The molecule has 0 aliphatic rings. The number of carbonyl (C=O) groups excluding carboxylic acids is 2. The lowest BCUT2D eigenvalue weighted by atomic mass is 10.1. The molecule has 0 radical (unpaired) electrons. The fourth-order valence-corrected chi connectivity index (χ4v) is 5.09. The second-order valence-electron chi connectivity index (χ2n) is 7.66. The van der Waals surface area contributed by atoms with Crippen LogP contribution in [-0.2, 0) is 11.3 Å². The molecular weight excluding hydrogens is 561 g/mol. The van der Waals surface area contributed by atoms with Crippen molar-refractivity contribution in [1.29, 1.82) is 0 Å². The van der Waals surface area contributed by atoms with E-state index >= 15 is 0 Å². The minimum Gasteiger partial charge on any atom is -0.342 e. The molecule has 0 aliphatic carbocycles. The summed E-state index contributed by atoms with van der Waals surface area (Å²) in [4.78, 5) is 25.2. The molecule has 7 nitrogen and oxygen atoms in total. The highest BCUT2D eigenvalue weighted by atomic mass is 79.9. The number of nitrogens with one attached hydrogen (secondary N) is 2. The number of hydrogen-bond donors (Lipinski definition) is 2. The van der Waals surface area contributed by atoms with Crippen LogP contribution in [0.25, 0.3) is 0 Å². The van der Waals surface area contributed by atoms with E-state index in [9.17, 15) is 9.59 Å². The zero-order chi connectivity index (χ0) is 25.0. The van der Waals surface area contributed by atoms with Crippen LogP contribution in [0.15, 0.2) is 40.0 Å². The van der Waals surface area contributed by atoms with Crippen molar-refractivity contribution in [2.75, 3.05) is 11.1 Å². The summed E-state index contributed by atoms with van der Waals surface area (Å²) < 4.78 is 2.71. The maximum absolute atomic E-state index is 12.7. The predicted octanol–water partition coefficient (Wildman–Crippen LogP) is 6.21. The minimum atomic E-state index is -0.429. The largest absolute Gasteiger partial charge is 0.342 e. The van der Waals surface area contributed by atoms with Crippen molar-refractivity contribution in [3.05, 3.63) is 67.4 Å². The molecule has 180 valence electrons. The number of anilines is 1. The third-order valence-electron chi connectivity index (χ3n) is 5.16. The van der Waals surface area contributed by atoms with Gasteiger partial charge >= 0.3 is 0 Å². The minimum absolute atomic E-state index is 0.153. The zero-order valence-corrected chi connectivity index (χ0v) is 23.0. The summed E-state index contributed by atoms with van der Waals surface area (Å²) in [5, 5.41) is 15.6. The summed E-state index contributed by atoms with van der Waals surface area (Å²) in [7, 11) is 0. The lowest BCUT2D eigenvalue weighted by molar-refractivity contribution is -0.113. The van der Waals surface area contributed by atoms with Gasteiger partial charge in [0.2, 0.25) is 5.91 Å². The predicted molar refractivity (Wildman–Crippen MR) is 141 cm³/mol. The number of benzene rings is 2. The van der Waals surface area contributed by atoms with Gasteiger partial charge in [-0.15, -0.1) is 10.2 Å². The molecule has 1 aromatic heterocycles. The zero-order valence-electron chi connectivity index (χ0n) is 19.1. The molecule has 0 bridgehead atoms. The highest BCUT2D eigenvalue weighted by Gasteiger charge is 2.21. The highest BCUT2D eigenvalue weighted by Crippen LogP contribution is 2.27. The van der Waals surface area contributed by atoms with E-state index in [2.05, 4.69) is 36.8 Å². The van der Waals surface area contributed by atoms with Gasteiger partial charge in [-0.3, -0.25) is 9.59 Å². The van der Waals surface area contributed by atoms with E-state index in [1.54, 1.807) is 12.1 Å². The Morgan fingerprint density at radius 3 is 2.53 bits per heavy atom. The Labute approximate surface area is 221 Å². The molecule has 0 aliphatic heterocycles. The Hall–Kier alpha value is -2.07. The first-order valence-corrected chi connectivity index (χ1v) is 13.0. The van der Waals surface area contributed by atoms with Gasteiger partial charge in [0.25, 0.3) is 5.91 Å². The summed E-state index contributed by atoms with van der Waals surface area (Å²) in [5.41, 5.74) is 3.28. The third kappa shape index (κ3) is 6.33. The Balaban J connectivity index is 1.66. The summed E-state index contributed by atoms with van der Waals surface area (Å²) >= 11 is 16.8. The van der Waals surface area contributed by atoms with Gasteiger partial charge < -0.3 is 15.2 Å². The van der Waals surface area contributed by atoms with E-state index in [4.69, 9.17) is 23.2 Å². The van der Waals surface area contributed by atoms with E-state index in [1.807, 2.05) is 44.4 Å². The number of rotatable bonds is 8. The average Bonchev–Trinajstić information content (AvgIpc) is 3.19. The molecule has 0 saturated heterocycles. The van der Waals surface area contributed by atoms with Crippen LogP contribution in [-0.4, -0.2) is 32.3 Å². The lowest BCUT2D eigenvalue weighted by Gasteiger charge is -2.15. The summed E-state index contributed by atoms with van der Waals surface area (Å²) in [6.07, 6.45) is 0. The van der Waals surface area contributed by atoms with Crippen LogP contribution in [0.2, 0.25) is 10.0 Å². The van der Waals surface area contributed by atoms with Gasteiger partial charge in [-0.05, 0) is 85.1 Å². The molecule has 3 aromatic rings. The van der Waals surface area contributed by atoms with Crippen LogP contribution in [0.5, 0.6) is 0 Å². The van der Waals surface area contributed by atoms with Crippen LogP contribution in [0.1, 0.15) is 47.2 Å². The maximum atomic E-state index is 12.7. The molecule has 0 saturated carbocycles. The van der Waals surface area contributed by atoms with E-state index in [0.717, 1.165) is 21.3 Å². The standard InChI is InChI=1S/C23H24BrCl2N5O2S/c1-5-31-21(14(4)27-22(33)16-7-6-15(25)10-18(16)26)29-30-23(31)34-11-20(32)28-19-9-13(3)12(2)8-17(19)24/h6-10,14H,5,11H2,1-4H3,(H,27,33)(H,28,32)/t14-/m0/s1. The molecule has 1 heterocycles. The number of carbonyl (C=O) groups is 2. The molecule has 0 unspecified atom stereocenters. The summed E-state index contributed by atoms with van der Waals surface area (Å²) in [6, 6.07) is 8.19. The number of hydrogen-bond acceptors (Lipinski definition) is 5. The van der Waals surface area contributed by atoms with E-state index in [0.29, 0.717) is 28.1 Å². The van der Waals surface area contributed by atoms with E-state index in [1.165, 1.54) is 17.8 Å². The Morgan fingerprint density at radius 2 is 1.85 bits per heavy atom. The van der Waals surface area contributed by atoms with Gasteiger partial charge in [-0.25, -0.2) is 0 Å². The Bertz CT molecular complexity index is 1230. The molecule has 11 heteroatoms. The summed E-state index contributed by atoms with van der Waals surface area (Å²) in [6.45, 7) is 8.36. The van der Waals surface area contributed by atoms with E-state index < -0.39 is 6.04 Å². The normalized spacial score (nSPS) is 11.9. The number of amides is 2. The number of nitrogens with zero attached hydrogens (tertiary/aromatic N) is 3. The van der Waals surface area contributed by atoms with Gasteiger partial charge in [-0.2, -0.15) is 0 Å². The van der Waals surface area contributed by atoms with Gasteiger partial charge in [0, 0.05) is 16.0 Å². The molecule has 1 atom stereocenters. The number of aryl methyl sites for hydroxylation is 2. The maximum Gasteiger partial charge on any atom is 0.253 e. The molecule has 0 spiro atoms. The van der Waals surface area contributed by atoms with Crippen molar-refractivity contribution in [2.45, 2.75) is 45.4 Å². The van der Waals surface area contributed by atoms with Crippen molar-refractivity contribution < 1.29 is 9.59 Å². The van der Waals surface area contributed by atoms with Gasteiger partial charge in [0.15, 0.2) is 11.0 Å². The van der Waals surface area contributed by atoms with Crippen molar-refractivity contribution >= 4 is 68.4 Å². The van der Waals surface area contributed by atoms with Crippen molar-refractivity contribution in [2.24, 2.45) is 0 Å². The molecule has 0 fully saturated rings. The smallest absolute Gasteiger partial charge is 0.253 e. The Kier molecular flexibility index (Phi) is 9.03. The van der Waals surface area contributed by atoms with Gasteiger partial charge in [-0.1, -0.05) is 35.0 Å². The van der Waals surface area contributed by atoms with Crippen molar-refractivity contribution in [3.8, 4) is 0 Å².